The number of hydrogen-bond acceptors (Lipinski definition) is 5. The molecule has 5 nitrogen and oxygen atoms in total. The maximum absolute atomic E-state index is 13.2. The smallest absolute Gasteiger partial charge is 0.170 e. The number of carbonyl (C=O) groups excluding carboxylic acids is 2. The summed E-state index contributed by atoms with van der Waals surface area (Å²) in [6.45, 7) is 2.26. The van der Waals surface area contributed by atoms with Crippen molar-refractivity contribution in [1.82, 2.24) is 4.98 Å². The van der Waals surface area contributed by atoms with E-state index in [0.717, 1.165) is 16.7 Å². The highest BCUT2D eigenvalue weighted by Gasteiger charge is 2.24. The molecule has 0 N–H and O–H groups in total. The molecule has 0 aliphatic rings. The summed E-state index contributed by atoms with van der Waals surface area (Å²) in [7, 11) is 0. The minimum atomic E-state index is -1.17. The number of rotatable bonds is 9. The van der Waals surface area contributed by atoms with Gasteiger partial charge in [-0.05, 0) is 54.7 Å². The van der Waals surface area contributed by atoms with E-state index in [4.69, 9.17) is 4.74 Å². The Balaban J connectivity index is 1.81. The van der Waals surface area contributed by atoms with Crippen molar-refractivity contribution in [3.05, 3.63) is 95.3 Å². The van der Waals surface area contributed by atoms with Crippen molar-refractivity contribution in [3.8, 4) is 5.75 Å². The van der Waals surface area contributed by atoms with Crippen molar-refractivity contribution in [1.29, 1.82) is 0 Å². The molecule has 1 aromatic heterocycles. The molecule has 0 saturated heterocycles. The lowest BCUT2D eigenvalue weighted by atomic mass is 9.85. The van der Waals surface area contributed by atoms with E-state index in [1.165, 1.54) is 0 Å². The van der Waals surface area contributed by atoms with Crippen molar-refractivity contribution in [2.24, 2.45) is 0 Å². The molecule has 2 aromatic carbocycles. The number of aliphatic carboxylic acids is 1. The predicted molar refractivity (Wildman–Crippen MR) is 108 cm³/mol. The Hall–Kier alpha value is -3.47. The Morgan fingerprint density at radius 3 is 2.59 bits per heavy atom. The number of carboxylic acid groups (broad SMARTS) is 1. The summed E-state index contributed by atoms with van der Waals surface area (Å²) < 4.78 is 5.82. The molecule has 148 valence electrons. The van der Waals surface area contributed by atoms with Crippen LogP contribution in [0.25, 0.3) is 0 Å². The van der Waals surface area contributed by atoms with Gasteiger partial charge < -0.3 is 14.6 Å². The summed E-state index contributed by atoms with van der Waals surface area (Å²) in [5.74, 6) is -1.31. The topological polar surface area (TPSA) is 79.3 Å². The molecule has 0 saturated carbocycles. The molecule has 1 heterocycles. The lowest BCUT2D eigenvalue weighted by molar-refractivity contribution is -0.305. The average molecular weight is 388 g/mol. The zero-order valence-electron chi connectivity index (χ0n) is 16.2. The third-order valence-electron chi connectivity index (χ3n) is 4.76. The molecule has 3 rings (SSSR count). The predicted octanol–water partition coefficient (Wildman–Crippen LogP) is 3.47. The quantitative estimate of drug-likeness (QED) is 0.525. The zero-order valence-corrected chi connectivity index (χ0v) is 16.2. The molecule has 29 heavy (non-hydrogen) atoms. The fourth-order valence-electron chi connectivity index (χ4n) is 3.25. The number of hydrogen-bond donors (Lipinski definition) is 0. The second-order valence-electron chi connectivity index (χ2n) is 6.86. The standard InChI is InChI=1S/C24H23NO4/c1-17-15-25-13-12-21(17)22(10-11-23(26)27)24(28)19-8-5-9-20(14-19)29-16-18-6-3-2-4-7-18/h2-9,12-15,22H,10-11,16H2,1H3,(H,26,27)/p-1. The number of ether oxygens (including phenoxy) is 1. The van der Waals surface area contributed by atoms with Crippen molar-refractivity contribution >= 4 is 11.8 Å². The van der Waals surface area contributed by atoms with E-state index in [1.54, 1.807) is 42.7 Å². The molecule has 0 radical (unpaired) electrons. The van der Waals surface area contributed by atoms with E-state index in [0.29, 0.717) is 17.9 Å². The number of pyridine rings is 1. The molecular formula is C24H22NO4-. The van der Waals surface area contributed by atoms with E-state index >= 15 is 0 Å². The first-order valence-electron chi connectivity index (χ1n) is 9.46. The van der Waals surface area contributed by atoms with Crippen LogP contribution < -0.4 is 9.84 Å². The van der Waals surface area contributed by atoms with Crippen molar-refractivity contribution in [2.75, 3.05) is 0 Å². The lowest BCUT2D eigenvalue weighted by Gasteiger charge is -2.19. The lowest BCUT2D eigenvalue weighted by Crippen LogP contribution is -2.24. The number of nitrogens with zero attached hydrogens (tertiary/aromatic N) is 1. The van der Waals surface area contributed by atoms with Gasteiger partial charge in [-0.3, -0.25) is 9.78 Å². The van der Waals surface area contributed by atoms with Crippen molar-refractivity contribution < 1.29 is 19.4 Å². The normalized spacial score (nSPS) is 11.6. The van der Waals surface area contributed by atoms with E-state index < -0.39 is 11.9 Å². The van der Waals surface area contributed by atoms with Gasteiger partial charge in [0.2, 0.25) is 0 Å². The van der Waals surface area contributed by atoms with Crippen LogP contribution in [-0.4, -0.2) is 16.7 Å². The molecule has 0 amide bonds. The van der Waals surface area contributed by atoms with Gasteiger partial charge in [0.1, 0.15) is 12.4 Å². The number of benzene rings is 2. The summed E-state index contributed by atoms with van der Waals surface area (Å²) in [5.41, 5.74) is 3.14. The Kier molecular flexibility index (Phi) is 6.74. The van der Waals surface area contributed by atoms with Crippen LogP contribution in [0.2, 0.25) is 0 Å². The summed E-state index contributed by atoms with van der Waals surface area (Å²) >= 11 is 0. The number of carbonyl (C=O) groups is 2. The van der Waals surface area contributed by atoms with Gasteiger partial charge in [-0.2, -0.15) is 0 Å². The number of aromatic nitrogens is 1. The molecule has 0 aliphatic heterocycles. The van der Waals surface area contributed by atoms with Crippen LogP contribution in [0.3, 0.4) is 0 Å². The Labute approximate surface area is 170 Å². The second kappa shape index (κ2) is 9.64. The molecular weight excluding hydrogens is 366 g/mol. The Morgan fingerprint density at radius 2 is 1.86 bits per heavy atom. The minimum absolute atomic E-state index is 0.147. The fraction of sp³-hybridized carbons (Fsp3) is 0.208. The van der Waals surface area contributed by atoms with Crippen molar-refractivity contribution in [2.45, 2.75) is 32.3 Å². The first kappa shape index (κ1) is 20.3. The van der Waals surface area contributed by atoms with Gasteiger partial charge in [-0.15, -0.1) is 0 Å². The molecule has 0 bridgehead atoms. The monoisotopic (exact) mass is 388 g/mol. The summed E-state index contributed by atoms with van der Waals surface area (Å²) in [6.07, 6.45) is 3.26. The minimum Gasteiger partial charge on any atom is -0.550 e. The van der Waals surface area contributed by atoms with Crippen LogP contribution in [-0.2, 0) is 11.4 Å². The summed E-state index contributed by atoms with van der Waals surface area (Å²) in [6, 6.07) is 18.5. The molecule has 0 fully saturated rings. The fourth-order valence-corrected chi connectivity index (χ4v) is 3.25. The molecule has 0 aliphatic carbocycles. The molecule has 1 unspecified atom stereocenters. The third kappa shape index (κ3) is 5.51. The molecule has 5 heteroatoms. The first-order valence-corrected chi connectivity index (χ1v) is 9.46. The molecule has 1 atom stereocenters. The van der Waals surface area contributed by atoms with Crippen LogP contribution in [0, 0.1) is 6.92 Å². The molecule has 0 spiro atoms. The summed E-state index contributed by atoms with van der Waals surface area (Å²) in [5, 5.41) is 11.0. The Morgan fingerprint density at radius 1 is 1.07 bits per heavy atom. The first-order chi connectivity index (χ1) is 14.0. The van der Waals surface area contributed by atoms with Crippen LogP contribution in [0.1, 0.15) is 45.8 Å². The van der Waals surface area contributed by atoms with Gasteiger partial charge >= 0.3 is 0 Å². The highest BCUT2D eigenvalue weighted by atomic mass is 16.5. The van der Waals surface area contributed by atoms with E-state index in [9.17, 15) is 14.7 Å². The number of ketones is 1. The number of carboxylic acids is 1. The van der Waals surface area contributed by atoms with Gasteiger partial charge in [0, 0.05) is 29.8 Å². The van der Waals surface area contributed by atoms with Crippen molar-refractivity contribution in [3.63, 3.8) is 0 Å². The van der Waals surface area contributed by atoms with Crippen LogP contribution in [0.5, 0.6) is 5.75 Å². The van der Waals surface area contributed by atoms with Gasteiger partial charge in [-0.1, -0.05) is 42.5 Å². The SMILES string of the molecule is Cc1cnccc1C(CCC(=O)[O-])C(=O)c1cccc(OCc2ccccc2)c1. The Bertz CT molecular complexity index is 985. The highest BCUT2D eigenvalue weighted by molar-refractivity contribution is 6.01. The largest absolute Gasteiger partial charge is 0.550 e. The number of Topliss-reactive ketones (excluding diaryl/α,β-unsaturated/α-hetero) is 1. The van der Waals surface area contributed by atoms with Crippen LogP contribution >= 0.6 is 0 Å². The average Bonchev–Trinajstić information content (AvgIpc) is 2.74. The van der Waals surface area contributed by atoms with Gasteiger partial charge in [-0.25, -0.2) is 0 Å². The summed E-state index contributed by atoms with van der Waals surface area (Å²) in [4.78, 5) is 28.3. The zero-order chi connectivity index (χ0) is 20.6. The van der Waals surface area contributed by atoms with E-state index in [2.05, 4.69) is 4.98 Å². The van der Waals surface area contributed by atoms with Crippen LogP contribution in [0.4, 0.5) is 0 Å². The van der Waals surface area contributed by atoms with E-state index in [-0.39, 0.29) is 18.6 Å². The second-order valence-corrected chi connectivity index (χ2v) is 6.86. The van der Waals surface area contributed by atoms with Gasteiger partial charge in [0.05, 0.1) is 0 Å². The highest BCUT2D eigenvalue weighted by Crippen LogP contribution is 2.29. The molecule has 3 aromatic rings. The maximum atomic E-state index is 13.2. The van der Waals surface area contributed by atoms with Crippen LogP contribution in [0.15, 0.2) is 73.1 Å². The maximum Gasteiger partial charge on any atom is 0.170 e. The third-order valence-corrected chi connectivity index (χ3v) is 4.76. The number of aryl methyl sites for hydroxylation is 1. The van der Waals surface area contributed by atoms with Gasteiger partial charge in [0.25, 0.3) is 0 Å². The van der Waals surface area contributed by atoms with E-state index in [1.807, 2.05) is 37.3 Å². The van der Waals surface area contributed by atoms with Gasteiger partial charge in [0.15, 0.2) is 5.78 Å².